The summed E-state index contributed by atoms with van der Waals surface area (Å²) in [5.41, 5.74) is 0.614. The lowest BCUT2D eigenvalue weighted by Gasteiger charge is -2.09. The normalized spacial score (nSPS) is 9.86. The minimum Gasteiger partial charge on any atom is -0.494 e. The smallest absolute Gasteiger partial charge is 0.418 e. The van der Waals surface area contributed by atoms with E-state index in [2.05, 4.69) is 5.32 Å². The van der Waals surface area contributed by atoms with Crippen LogP contribution in [0.5, 0.6) is 11.5 Å². The molecule has 0 heterocycles. The Morgan fingerprint density at radius 2 is 1.68 bits per heavy atom. The molecule has 5 nitrogen and oxygen atoms in total. The fourth-order valence-corrected chi connectivity index (χ4v) is 1.74. The number of hydrogen-bond acceptors (Lipinski definition) is 4. The molecule has 2 aromatic carbocycles. The number of nitrogens with one attached hydrogen (secondary N) is 2. The van der Waals surface area contributed by atoms with Gasteiger partial charge in [-0.1, -0.05) is 37.3 Å². The Labute approximate surface area is 129 Å². The van der Waals surface area contributed by atoms with Gasteiger partial charge in [0.05, 0.1) is 6.61 Å². The number of ether oxygens (including phenoxy) is 2. The summed E-state index contributed by atoms with van der Waals surface area (Å²) < 4.78 is 10.6. The molecule has 0 saturated heterocycles. The number of amidine groups is 1. The summed E-state index contributed by atoms with van der Waals surface area (Å²) in [5, 5.41) is 10.2. The topological polar surface area (TPSA) is 71.4 Å². The molecule has 0 unspecified atom stereocenters. The second-order valence-electron chi connectivity index (χ2n) is 4.58. The molecular formula is C17H18N2O3. The van der Waals surface area contributed by atoms with Crippen molar-refractivity contribution >= 4 is 11.9 Å². The number of amides is 1. The van der Waals surface area contributed by atoms with Crippen molar-refractivity contribution in [3.63, 3.8) is 0 Å². The summed E-state index contributed by atoms with van der Waals surface area (Å²) in [4.78, 5) is 11.7. The van der Waals surface area contributed by atoms with Crippen molar-refractivity contribution in [3.05, 3.63) is 60.2 Å². The van der Waals surface area contributed by atoms with Crippen molar-refractivity contribution in [2.75, 3.05) is 6.61 Å². The zero-order valence-electron chi connectivity index (χ0n) is 12.3. The van der Waals surface area contributed by atoms with Crippen molar-refractivity contribution in [2.24, 2.45) is 0 Å². The molecule has 0 aliphatic rings. The number of rotatable bonds is 5. The Morgan fingerprint density at radius 1 is 1.05 bits per heavy atom. The first-order valence-corrected chi connectivity index (χ1v) is 7.04. The van der Waals surface area contributed by atoms with Crippen LogP contribution >= 0.6 is 0 Å². The van der Waals surface area contributed by atoms with Gasteiger partial charge in [-0.05, 0) is 30.7 Å². The second kappa shape index (κ2) is 7.83. The highest BCUT2D eigenvalue weighted by molar-refractivity contribution is 6.04. The van der Waals surface area contributed by atoms with Crippen molar-refractivity contribution < 1.29 is 14.3 Å². The molecule has 0 saturated carbocycles. The Hall–Kier alpha value is -2.82. The lowest BCUT2D eigenvalue weighted by atomic mass is 10.2. The van der Waals surface area contributed by atoms with Crippen LogP contribution in [0.3, 0.4) is 0 Å². The van der Waals surface area contributed by atoms with Crippen LogP contribution in [-0.2, 0) is 0 Å². The summed E-state index contributed by atoms with van der Waals surface area (Å²) in [6.45, 7) is 2.68. The molecule has 0 aliphatic carbocycles. The monoisotopic (exact) mass is 298 g/mol. The van der Waals surface area contributed by atoms with E-state index in [0.717, 1.165) is 12.2 Å². The van der Waals surface area contributed by atoms with Crippen molar-refractivity contribution in [3.8, 4) is 11.5 Å². The van der Waals surface area contributed by atoms with Crippen LogP contribution in [0.25, 0.3) is 0 Å². The molecule has 2 aromatic rings. The molecule has 2 N–H and O–H groups in total. The molecule has 0 aliphatic heterocycles. The largest absolute Gasteiger partial charge is 0.494 e. The first-order valence-electron chi connectivity index (χ1n) is 7.04. The van der Waals surface area contributed by atoms with Gasteiger partial charge in [0.25, 0.3) is 0 Å². The first-order chi connectivity index (χ1) is 10.7. The van der Waals surface area contributed by atoms with E-state index in [1.807, 2.05) is 13.0 Å². The summed E-state index contributed by atoms with van der Waals surface area (Å²) >= 11 is 0. The fraction of sp³-hybridized carbons (Fsp3) is 0.176. The van der Waals surface area contributed by atoms with E-state index in [0.29, 0.717) is 17.9 Å². The average molecular weight is 298 g/mol. The van der Waals surface area contributed by atoms with Crippen LogP contribution in [0, 0.1) is 5.41 Å². The molecule has 0 radical (unpaired) electrons. The third-order valence-electron chi connectivity index (χ3n) is 2.80. The second-order valence-corrected chi connectivity index (χ2v) is 4.58. The average Bonchev–Trinajstić information content (AvgIpc) is 2.55. The van der Waals surface area contributed by atoms with E-state index < -0.39 is 6.09 Å². The van der Waals surface area contributed by atoms with Gasteiger partial charge in [-0.2, -0.15) is 0 Å². The highest BCUT2D eigenvalue weighted by Gasteiger charge is 2.08. The summed E-state index contributed by atoms with van der Waals surface area (Å²) in [7, 11) is 0. The third-order valence-corrected chi connectivity index (χ3v) is 2.80. The van der Waals surface area contributed by atoms with Crippen LogP contribution in [0.4, 0.5) is 4.79 Å². The van der Waals surface area contributed by atoms with Gasteiger partial charge in [0, 0.05) is 5.56 Å². The summed E-state index contributed by atoms with van der Waals surface area (Å²) in [6.07, 6.45) is 0.235. The van der Waals surface area contributed by atoms with Gasteiger partial charge in [0.15, 0.2) is 0 Å². The standard InChI is InChI=1S/C17H18N2O3/c1-2-12-21-14-8-10-15(11-9-14)22-17(20)19-16(18)13-6-4-3-5-7-13/h3-11H,2,12H2,1H3,(H2,18,19,20). The van der Waals surface area contributed by atoms with E-state index in [4.69, 9.17) is 14.9 Å². The van der Waals surface area contributed by atoms with Crippen LogP contribution < -0.4 is 14.8 Å². The zero-order chi connectivity index (χ0) is 15.8. The molecule has 5 heteroatoms. The van der Waals surface area contributed by atoms with Crippen molar-refractivity contribution in [2.45, 2.75) is 13.3 Å². The van der Waals surface area contributed by atoms with Gasteiger partial charge < -0.3 is 9.47 Å². The molecule has 2 rings (SSSR count). The molecule has 114 valence electrons. The Kier molecular flexibility index (Phi) is 5.54. The Bertz CT molecular complexity index is 624. The Morgan fingerprint density at radius 3 is 2.32 bits per heavy atom. The first kappa shape index (κ1) is 15.6. The van der Waals surface area contributed by atoms with Crippen molar-refractivity contribution in [1.82, 2.24) is 5.32 Å². The van der Waals surface area contributed by atoms with Crippen LogP contribution in [0.15, 0.2) is 54.6 Å². The maximum absolute atomic E-state index is 11.7. The van der Waals surface area contributed by atoms with Crippen LogP contribution in [-0.4, -0.2) is 18.5 Å². The summed E-state index contributed by atoms with van der Waals surface area (Å²) in [6, 6.07) is 15.7. The molecule has 1 amide bonds. The van der Waals surface area contributed by atoms with E-state index in [1.165, 1.54) is 0 Å². The lowest BCUT2D eigenvalue weighted by Crippen LogP contribution is -2.32. The van der Waals surface area contributed by atoms with Crippen molar-refractivity contribution in [1.29, 1.82) is 5.41 Å². The number of hydrogen-bond donors (Lipinski definition) is 2. The molecule has 0 fully saturated rings. The van der Waals surface area contributed by atoms with Crippen LogP contribution in [0.1, 0.15) is 18.9 Å². The van der Waals surface area contributed by atoms with Gasteiger partial charge in [-0.15, -0.1) is 0 Å². The predicted octanol–water partition coefficient (Wildman–Crippen LogP) is 3.59. The molecule has 22 heavy (non-hydrogen) atoms. The van der Waals surface area contributed by atoms with E-state index in [1.54, 1.807) is 48.5 Å². The van der Waals surface area contributed by atoms with E-state index >= 15 is 0 Å². The molecule has 0 spiro atoms. The quantitative estimate of drug-likeness (QED) is 0.654. The molecular weight excluding hydrogens is 280 g/mol. The summed E-state index contributed by atoms with van der Waals surface area (Å²) in [5.74, 6) is 1.11. The van der Waals surface area contributed by atoms with E-state index in [9.17, 15) is 4.79 Å². The molecule has 0 bridgehead atoms. The van der Waals surface area contributed by atoms with Gasteiger partial charge in [-0.3, -0.25) is 10.7 Å². The highest BCUT2D eigenvalue weighted by atomic mass is 16.6. The highest BCUT2D eigenvalue weighted by Crippen LogP contribution is 2.17. The number of benzene rings is 2. The van der Waals surface area contributed by atoms with Gasteiger partial charge in [-0.25, -0.2) is 4.79 Å². The van der Waals surface area contributed by atoms with E-state index in [-0.39, 0.29) is 5.84 Å². The van der Waals surface area contributed by atoms with Gasteiger partial charge >= 0.3 is 6.09 Å². The maximum atomic E-state index is 11.7. The molecule has 0 atom stereocenters. The van der Waals surface area contributed by atoms with Gasteiger partial charge in [0.2, 0.25) is 0 Å². The Balaban J connectivity index is 1.88. The fourth-order valence-electron chi connectivity index (χ4n) is 1.74. The number of carbonyl (C=O) groups excluding carboxylic acids is 1. The van der Waals surface area contributed by atoms with Crippen LogP contribution in [0.2, 0.25) is 0 Å². The zero-order valence-corrected chi connectivity index (χ0v) is 12.3. The predicted molar refractivity (Wildman–Crippen MR) is 84.7 cm³/mol. The third kappa shape index (κ3) is 4.63. The SMILES string of the molecule is CCCOc1ccc(OC(=O)NC(=N)c2ccccc2)cc1. The maximum Gasteiger partial charge on any atom is 0.418 e. The molecule has 0 aromatic heterocycles. The minimum atomic E-state index is -0.698. The minimum absolute atomic E-state index is 0.00602. The van der Waals surface area contributed by atoms with Gasteiger partial charge in [0.1, 0.15) is 17.3 Å². The lowest BCUT2D eigenvalue weighted by molar-refractivity contribution is 0.206. The number of carbonyl (C=O) groups is 1.